The molecule has 0 amide bonds. The first-order valence-corrected chi connectivity index (χ1v) is 39.3. The number of aryl methyl sites for hydroxylation is 2. The van der Waals surface area contributed by atoms with Crippen molar-refractivity contribution in [2.45, 2.75) is 222 Å². The number of rotatable bonds is 21. The number of ether oxygens (including phenoxy) is 1. The van der Waals surface area contributed by atoms with E-state index in [0.717, 1.165) is 87.5 Å². The molecule has 1 aromatic heterocycles. The highest BCUT2D eigenvalue weighted by Gasteiger charge is 2.45. The van der Waals surface area contributed by atoms with Gasteiger partial charge < -0.3 is 35.1 Å². The predicted octanol–water partition coefficient (Wildman–Crippen LogP) is 22.9. The van der Waals surface area contributed by atoms with Crippen molar-refractivity contribution < 1.29 is 24.5 Å². The molecule has 2 saturated carbocycles. The number of aliphatic hydroxyl groups excluding tert-OH is 1. The zero-order valence-corrected chi connectivity index (χ0v) is 66.2. The normalized spacial score (nSPS) is 19.6. The molecule has 0 radical (unpaired) electrons. The highest BCUT2D eigenvalue weighted by Crippen LogP contribution is 2.48. The van der Waals surface area contributed by atoms with Gasteiger partial charge in [0, 0.05) is 61.1 Å². The number of hydrogen-bond donors (Lipinski definition) is 5. The minimum absolute atomic E-state index is 0.246. The van der Waals surface area contributed by atoms with Crippen LogP contribution in [0.15, 0.2) is 223 Å². The Kier molecular flexibility index (Phi) is 35.7. The van der Waals surface area contributed by atoms with Crippen molar-refractivity contribution in [3.05, 3.63) is 274 Å². The lowest BCUT2D eigenvalue weighted by molar-refractivity contribution is -0.0692. The van der Waals surface area contributed by atoms with E-state index in [1.165, 1.54) is 81.6 Å². The molecule has 0 spiro atoms. The molecule has 3 heterocycles. The Hall–Kier alpha value is -6.42. The average Bonchev–Trinajstić information content (AvgIpc) is 1.16. The van der Waals surface area contributed by atoms with Crippen LogP contribution in [0.4, 0.5) is 0 Å². The molecule has 3 unspecified atom stereocenters. The Balaban J connectivity index is 0.000000187. The van der Waals surface area contributed by atoms with Crippen molar-refractivity contribution in [1.29, 1.82) is 0 Å². The molecule has 5 N–H and O–H groups in total. The van der Waals surface area contributed by atoms with E-state index in [9.17, 15) is 15.3 Å². The highest BCUT2D eigenvalue weighted by atomic mass is 16.5. The van der Waals surface area contributed by atoms with Gasteiger partial charge in [-0.3, -0.25) is 0 Å². The summed E-state index contributed by atoms with van der Waals surface area (Å²) in [5.41, 5.74) is 12.5. The summed E-state index contributed by atoms with van der Waals surface area (Å²) in [7, 11) is 0. The Morgan fingerprint density at radius 3 is 1.10 bits per heavy atom. The monoisotopic (exact) mass is 1390 g/mol. The van der Waals surface area contributed by atoms with Crippen LogP contribution in [0.1, 0.15) is 246 Å². The molecular weight excluding hydrogens is 1250 g/mol. The summed E-state index contributed by atoms with van der Waals surface area (Å²) in [6.45, 7) is 45.8. The van der Waals surface area contributed by atoms with E-state index >= 15 is 0 Å². The van der Waals surface area contributed by atoms with Gasteiger partial charge in [-0.2, -0.15) is 0 Å². The summed E-state index contributed by atoms with van der Waals surface area (Å²) in [6.07, 6.45) is 9.50. The number of furan rings is 1. The van der Waals surface area contributed by atoms with Gasteiger partial charge in [-0.25, -0.2) is 0 Å². The van der Waals surface area contributed by atoms with E-state index in [4.69, 9.17) is 9.15 Å². The topological polar surface area (TPSA) is 107 Å². The van der Waals surface area contributed by atoms with Gasteiger partial charge in [0.05, 0.1) is 36.4 Å². The molecule has 102 heavy (non-hydrogen) atoms. The maximum Gasteiger partial charge on any atom is 0.0940 e. The zero-order chi connectivity index (χ0) is 74.4. The minimum Gasteiger partial charge on any atom is -0.472 e. The van der Waals surface area contributed by atoms with Crippen molar-refractivity contribution >= 4 is 0 Å². The molecule has 4 fully saturated rings. The Labute approximate surface area is 620 Å². The van der Waals surface area contributed by atoms with Gasteiger partial charge in [0.1, 0.15) is 0 Å². The number of hydrogen-bond acceptors (Lipinski definition) is 7. The lowest BCUT2D eigenvalue weighted by atomic mass is 9.65. The fourth-order valence-corrected chi connectivity index (χ4v) is 16.4. The van der Waals surface area contributed by atoms with E-state index in [2.05, 4.69) is 322 Å². The molecule has 2 aliphatic heterocycles. The van der Waals surface area contributed by atoms with Gasteiger partial charge in [0.15, 0.2) is 0 Å². The summed E-state index contributed by atoms with van der Waals surface area (Å²) in [5, 5.41) is 37.8. The third-order valence-corrected chi connectivity index (χ3v) is 22.2. The molecule has 7 nitrogen and oxygen atoms in total. The zero-order valence-electron chi connectivity index (χ0n) is 66.2. The van der Waals surface area contributed by atoms with E-state index in [1.54, 1.807) is 6.26 Å². The van der Waals surface area contributed by atoms with E-state index in [1.807, 2.05) is 26.2 Å². The average molecular weight is 1390 g/mol. The van der Waals surface area contributed by atoms with Gasteiger partial charge in [-0.15, -0.1) is 0 Å². The molecule has 12 rings (SSSR count). The summed E-state index contributed by atoms with van der Waals surface area (Å²) >= 11 is 0. The lowest BCUT2D eigenvalue weighted by Gasteiger charge is -2.45. The SMILES string of the molecule is CC(C)C(c1ccccc1)C1(O)CCC1.CC(C)C(c1ccccc1)c1ccoc1.CC(C)[C@@H]1CNC[C@H]1c1ccccc1.CC(C)[C@H]1CNC[C@@H]1c1ccccc1.CCOC[C@H](c1ccccc1)C(C)C.Cc1ccc([C@H](C(C)C)C(C)O)cc1.Cc1ccc([C@H](C(C)C)C2(O)CCC2)cc1. The van der Waals surface area contributed by atoms with Gasteiger partial charge in [-0.1, -0.05) is 308 Å². The van der Waals surface area contributed by atoms with Crippen LogP contribution in [0.3, 0.4) is 0 Å². The van der Waals surface area contributed by atoms with E-state index in [0.29, 0.717) is 53.3 Å². The van der Waals surface area contributed by atoms with Crippen molar-refractivity contribution in [2.24, 2.45) is 53.3 Å². The maximum absolute atomic E-state index is 10.6. The van der Waals surface area contributed by atoms with Crippen molar-refractivity contribution in [2.75, 3.05) is 39.4 Å². The molecule has 0 bridgehead atoms. The molecule has 2 aliphatic carbocycles. The van der Waals surface area contributed by atoms with Gasteiger partial charge in [0.2, 0.25) is 0 Å². The first-order chi connectivity index (χ1) is 48.8. The largest absolute Gasteiger partial charge is 0.472 e. The molecule has 4 aliphatic rings. The highest BCUT2D eigenvalue weighted by molar-refractivity contribution is 5.33. The van der Waals surface area contributed by atoms with Crippen LogP contribution in [-0.4, -0.2) is 72.0 Å². The molecule has 10 atom stereocenters. The number of nitrogens with one attached hydrogen (secondary N) is 2. The summed E-state index contributed by atoms with van der Waals surface area (Å²) in [5.74, 6) is 9.05. The van der Waals surface area contributed by atoms with Gasteiger partial charge in [0.25, 0.3) is 0 Å². The molecule has 7 aromatic carbocycles. The molecular formula is C95H136N2O5. The molecule has 556 valence electrons. The second-order valence-electron chi connectivity index (χ2n) is 32.4. The summed E-state index contributed by atoms with van der Waals surface area (Å²) in [4.78, 5) is 0. The van der Waals surface area contributed by atoms with Crippen LogP contribution in [0.25, 0.3) is 0 Å². The molecule has 7 heteroatoms. The minimum atomic E-state index is -0.441. The molecule has 8 aromatic rings. The fourth-order valence-electron chi connectivity index (χ4n) is 16.4. The fraction of sp³-hybridized carbons (Fsp3) is 0.516. The standard InChI is InChI=1S/C15H22O.C14H20O.C14H16O.2C13H19N.2C13H20O/c1-11(2)14(15(16)9-4-10-15)13-7-5-12(3)6-8-13;1-11(2)13(14(15)9-6-10-14)12-7-4-3-5-8-12;1-11(2)14(13-8-9-15-10-13)12-6-4-3-5-7-12;2*1-10(2)12-8-14-9-13(12)11-6-4-3-5-7-11;1-9(2)13(11(4)14)12-7-5-10(3)6-8-12;1-4-14-10-13(11(2)3)12-8-6-5-7-9-12/h5-8,11,14,16H,4,9-10H2,1-3H3;3-5,7-8,11,13,15H,6,9-10H2,1-2H3;3-11,14H,1-2H3;2*3-7,10,12-14H,8-9H2,1-2H3;5-9,11,13-14H,1-4H3;5-9,11,13H,4,10H2,1-3H3/t14-;;;2*12-,13-;11?,13-;13-/m0..1010/s1. The van der Waals surface area contributed by atoms with Crippen LogP contribution < -0.4 is 10.6 Å². The second-order valence-corrected chi connectivity index (χ2v) is 32.4. The summed E-state index contributed by atoms with van der Waals surface area (Å²) in [6, 6.07) is 72.6. The van der Waals surface area contributed by atoms with Crippen LogP contribution >= 0.6 is 0 Å². The first-order valence-electron chi connectivity index (χ1n) is 39.3. The lowest BCUT2D eigenvalue weighted by Crippen LogP contribution is -2.45. The van der Waals surface area contributed by atoms with Crippen molar-refractivity contribution in [1.82, 2.24) is 10.6 Å². The smallest absolute Gasteiger partial charge is 0.0940 e. The predicted molar refractivity (Wildman–Crippen MR) is 434 cm³/mol. The van der Waals surface area contributed by atoms with Gasteiger partial charge in [-0.05, 0) is 183 Å². The van der Waals surface area contributed by atoms with Crippen LogP contribution in [0, 0.1) is 67.1 Å². The van der Waals surface area contributed by atoms with Crippen molar-refractivity contribution in [3.8, 4) is 0 Å². The number of benzene rings is 7. The van der Waals surface area contributed by atoms with Crippen LogP contribution in [0.2, 0.25) is 0 Å². The Morgan fingerprint density at radius 1 is 0.412 bits per heavy atom. The third kappa shape index (κ3) is 25.7. The Morgan fingerprint density at radius 2 is 0.784 bits per heavy atom. The number of aliphatic hydroxyl groups is 3. The quantitative estimate of drug-likeness (QED) is 0.0488. The first kappa shape index (κ1) is 84.5. The second kappa shape index (κ2) is 43.1. The van der Waals surface area contributed by atoms with E-state index < -0.39 is 11.2 Å². The Bertz CT molecular complexity index is 3340. The van der Waals surface area contributed by atoms with Gasteiger partial charge >= 0.3 is 0 Å². The molecule has 2 saturated heterocycles. The van der Waals surface area contributed by atoms with Crippen LogP contribution in [-0.2, 0) is 4.74 Å². The third-order valence-electron chi connectivity index (χ3n) is 22.2. The summed E-state index contributed by atoms with van der Waals surface area (Å²) < 4.78 is 10.7. The van der Waals surface area contributed by atoms with E-state index in [-0.39, 0.29) is 12.0 Å². The van der Waals surface area contributed by atoms with Crippen LogP contribution in [0.5, 0.6) is 0 Å². The van der Waals surface area contributed by atoms with Crippen molar-refractivity contribution in [3.63, 3.8) is 0 Å². The maximum atomic E-state index is 10.6.